The van der Waals surface area contributed by atoms with Gasteiger partial charge in [-0.3, -0.25) is 10.1 Å². The lowest BCUT2D eigenvalue weighted by Crippen LogP contribution is -2.45. The quantitative estimate of drug-likeness (QED) is 0.634. The monoisotopic (exact) mass is 200 g/mol. The summed E-state index contributed by atoms with van der Waals surface area (Å²) in [6.45, 7) is 5.43. The summed E-state index contributed by atoms with van der Waals surface area (Å²) in [7, 11) is 0. The van der Waals surface area contributed by atoms with Gasteiger partial charge in [-0.05, 0) is 27.2 Å². The van der Waals surface area contributed by atoms with Crippen molar-refractivity contribution in [1.29, 1.82) is 0 Å². The zero-order valence-corrected chi connectivity index (χ0v) is 8.70. The number of nitrogens with zero attached hydrogens (tertiary/aromatic N) is 1. The first-order chi connectivity index (χ1) is 6.35. The highest BCUT2D eigenvalue weighted by atomic mass is 16.3. The van der Waals surface area contributed by atoms with Crippen LogP contribution in [-0.4, -0.2) is 40.1 Å². The van der Waals surface area contributed by atoms with Crippen molar-refractivity contribution in [2.24, 2.45) is 0 Å². The highest BCUT2D eigenvalue weighted by Crippen LogP contribution is 2.21. The summed E-state index contributed by atoms with van der Waals surface area (Å²) in [5.74, 6) is -0.284. The lowest BCUT2D eigenvalue weighted by atomic mass is 10.0. The second-order valence-corrected chi connectivity index (χ2v) is 4.11. The third-order valence-electron chi connectivity index (χ3n) is 2.47. The Morgan fingerprint density at radius 1 is 1.50 bits per heavy atom. The molecule has 5 nitrogen and oxygen atoms in total. The molecule has 1 saturated heterocycles. The summed E-state index contributed by atoms with van der Waals surface area (Å²) in [6.07, 6.45) is 0.0127. The number of carbonyl (C=O) groups is 2. The first-order valence-corrected chi connectivity index (χ1v) is 4.67. The molecule has 0 saturated carbocycles. The summed E-state index contributed by atoms with van der Waals surface area (Å²) in [5.41, 5.74) is -0.800. The van der Waals surface area contributed by atoms with E-state index < -0.39 is 11.6 Å². The molecular weight excluding hydrogens is 184 g/mol. The van der Waals surface area contributed by atoms with Crippen LogP contribution in [0.15, 0.2) is 0 Å². The second kappa shape index (κ2) is 3.57. The van der Waals surface area contributed by atoms with Gasteiger partial charge < -0.3 is 10.0 Å². The van der Waals surface area contributed by atoms with E-state index in [9.17, 15) is 9.59 Å². The van der Waals surface area contributed by atoms with Crippen molar-refractivity contribution >= 4 is 11.9 Å². The average molecular weight is 200 g/mol. The minimum atomic E-state index is -0.800. The summed E-state index contributed by atoms with van der Waals surface area (Å²) in [6, 6.07) is -0.374. The summed E-state index contributed by atoms with van der Waals surface area (Å²) in [5, 5.41) is 11.3. The van der Waals surface area contributed by atoms with Crippen LogP contribution < -0.4 is 5.32 Å². The Morgan fingerprint density at radius 2 is 2.07 bits per heavy atom. The molecule has 0 aliphatic carbocycles. The number of imide groups is 1. The molecule has 1 rings (SSSR count). The fourth-order valence-corrected chi connectivity index (χ4v) is 1.39. The van der Waals surface area contributed by atoms with Gasteiger partial charge in [-0.25, -0.2) is 4.79 Å². The van der Waals surface area contributed by atoms with E-state index in [0.717, 1.165) is 0 Å². The van der Waals surface area contributed by atoms with E-state index in [1.807, 2.05) is 0 Å². The normalized spacial score (nSPS) is 22.4. The molecule has 1 heterocycles. The minimum absolute atomic E-state index is 0.284. The van der Waals surface area contributed by atoms with Crippen molar-refractivity contribution in [3.05, 3.63) is 0 Å². The molecule has 2 N–H and O–H groups in total. The first-order valence-electron chi connectivity index (χ1n) is 4.67. The predicted molar refractivity (Wildman–Crippen MR) is 50.6 cm³/mol. The maximum absolute atomic E-state index is 11.3. The molecule has 0 bridgehead atoms. The lowest BCUT2D eigenvalue weighted by Gasteiger charge is -2.28. The van der Waals surface area contributed by atoms with Crippen LogP contribution >= 0.6 is 0 Å². The lowest BCUT2D eigenvalue weighted by molar-refractivity contribution is -0.125. The van der Waals surface area contributed by atoms with Gasteiger partial charge in [0.1, 0.15) is 5.54 Å². The molecule has 80 valence electrons. The number of rotatable bonds is 3. The standard InChI is InChI=1S/C9H16N2O3/c1-6(12)4-5-11-8(14)10-7(13)9(11,2)3/h6,12H,4-5H2,1-3H3,(H,10,13,14). The van der Waals surface area contributed by atoms with Gasteiger partial charge in [0.2, 0.25) is 0 Å². The van der Waals surface area contributed by atoms with Crippen LogP contribution in [0, 0.1) is 0 Å². The number of hydrogen-bond acceptors (Lipinski definition) is 3. The van der Waals surface area contributed by atoms with E-state index in [0.29, 0.717) is 13.0 Å². The molecule has 3 amide bonds. The zero-order valence-electron chi connectivity index (χ0n) is 8.70. The topological polar surface area (TPSA) is 69.6 Å². The molecule has 1 fully saturated rings. The summed E-state index contributed by atoms with van der Waals surface area (Å²) >= 11 is 0. The second-order valence-electron chi connectivity index (χ2n) is 4.11. The van der Waals surface area contributed by atoms with Crippen LogP contribution in [0.2, 0.25) is 0 Å². The molecule has 1 atom stereocenters. The Balaban J connectivity index is 2.67. The van der Waals surface area contributed by atoms with Crippen molar-refractivity contribution in [3.63, 3.8) is 0 Å². The van der Waals surface area contributed by atoms with Gasteiger partial charge in [0, 0.05) is 6.54 Å². The molecule has 1 aliphatic rings. The maximum atomic E-state index is 11.3. The van der Waals surface area contributed by atoms with Gasteiger partial charge in [0.25, 0.3) is 5.91 Å². The Labute approximate surface area is 83.1 Å². The van der Waals surface area contributed by atoms with Gasteiger partial charge in [0.05, 0.1) is 6.10 Å². The van der Waals surface area contributed by atoms with Crippen LogP contribution in [-0.2, 0) is 4.79 Å². The van der Waals surface area contributed by atoms with Gasteiger partial charge in [-0.1, -0.05) is 0 Å². The number of amides is 3. The van der Waals surface area contributed by atoms with Crippen molar-refractivity contribution in [2.75, 3.05) is 6.54 Å². The van der Waals surface area contributed by atoms with E-state index >= 15 is 0 Å². The summed E-state index contributed by atoms with van der Waals surface area (Å²) in [4.78, 5) is 24.1. The van der Waals surface area contributed by atoms with E-state index in [4.69, 9.17) is 5.11 Å². The van der Waals surface area contributed by atoms with Crippen LogP contribution in [0.25, 0.3) is 0 Å². The van der Waals surface area contributed by atoms with Crippen LogP contribution in [0.3, 0.4) is 0 Å². The fraction of sp³-hybridized carbons (Fsp3) is 0.778. The highest BCUT2D eigenvalue weighted by Gasteiger charge is 2.44. The molecule has 0 radical (unpaired) electrons. The van der Waals surface area contributed by atoms with Crippen molar-refractivity contribution in [2.45, 2.75) is 38.8 Å². The predicted octanol–water partition coefficient (Wildman–Crippen LogP) is 0.0877. The Morgan fingerprint density at radius 3 is 2.43 bits per heavy atom. The van der Waals surface area contributed by atoms with Crippen LogP contribution in [0.1, 0.15) is 27.2 Å². The fourth-order valence-electron chi connectivity index (χ4n) is 1.39. The Hall–Kier alpha value is -1.10. The molecule has 0 aromatic heterocycles. The SMILES string of the molecule is CC(O)CCN1C(=O)NC(=O)C1(C)C. The molecule has 5 heteroatoms. The van der Waals surface area contributed by atoms with Crippen LogP contribution in [0.4, 0.5) is 4.79 Å². The molecule has 0 aromatic rings. The zero-order chi connectivity index (χ0) is 10.9. The van der Waals surface area contributed by atoms with E-state index in [1.165, 1.54) is 4.90 Å². The van der Waals surface area contributed by atoms with Gasteiger partial charge in [0.15, 0.2) is 0 Å². The van der Waals surface area contributed by atoms with Crippen molar-refractivity contribution < 1.29 is 14.7 Å². The third kappa shape index (κ3) is 1.87. The number of aliphatic hydroxyl groups is 1. The van der Waals surface area contributed by atoms with Gasteiger partial charge in [-0.15, -0.1) is 0 Å². The summed E-state index contributed by atoms with van der Waals surface area (Å²) < 4.78 is 0. The molecule has 14 heavy (non-hydrogen) atoms. The van der Waals surface area contributed by atoms with E-state index in [-0.39, 0.29) is 11.9 Å². The Kier molecular flexibility index (Phi) is 2.80. The maximum Gasteiger partial charge on any atom is 0.324 e. The molecule has 0 spiro atoms. The molecular formula is C9H16N2O3. The molecule has 1 aliphatic heterocycles. The number of aliphatic hydroxyl groups excluding tert-OH is 1. The highest BCUT2D eigenvalue weighted by molar-refractivity contribution is 6.06. The third-order valence-corrected chi connectivity index (χ3v) is 2.47. The molecule has 1 unspecified atom stereocenters. The number of nitrogens with one attached hydrogen (secondary N) is 1. The Bertz CT molecular complexity index is 261. The molecule has 0 aromatic carbocycles. The van der Waals surface area contributed by atoms with Gasteiger partial charge >= 0.3 is 6.03 Å². The minimum Gasteiger partial charge on any atom is -0.393 e. The number of hydrogen-bond donors (Lipinski definition) is 2. The average Bonchev–Trinajstić information content (AvgIpc) is 2.20. The number of urea groups is 1. The van der Waals surface area contributed by atoms with Crippen molar-refractivity contribution in [3.8, 4) is 0 Å². The van der Waals surface area contributed by atoms with Crippen molar-refractivity contribution in [1.82, 2.24) is 10.2 Å². The number of carbonyl (C=O) groups excluding carboxylic acids is 2. The smallest absolute Gasteiger partial charge is 0.324 e. The van der Waals surface area contributed by atoms with Gasteiger partial charge in [-0.2, -0.15) is 0 Å². The van der Waals surface area contributed by atoms with Crippen LogP contribution in [0.5, 0.6) is 0 Å². The van der Waals surface area contributed by atoms with E-state index in [1.54, 1.807) is 20.8 Å². The largest absolute Gasteiger partial charge is 0.393 e. The first kappa shape index (κ1) is 11.0. The van der Waals surface area contributed by atoms with E-state index in [2.05, 4.69) is 5.32 Å².